The van der Waals surface area contributed by atoms with E-state index < -0.39 is 39.3 Å². The van der Waals surface area contributed by atoms with Crippen molar-refractivity contribution in [1.29, 1.82) is 0 Å². The third-order valence-electron chi connectivity index (χ3n) is 6.97. The lowest BCUT2D eigenvalue weighted by Gasteiger charge is -2.34. The van der Waals surface area contributed by atoms with Crippen LogP contribution in [0.2, 0.25) is 0 Å². The normalized spacial score (nSPS) is 22.2. The van der Waals surface area contributed by atoms with E-state index in [9.17, 15) is 18.3 Å². The van der Waals surface area contributed by atoms with Crippen LogP contribution in [0.5, 0.6) is 0 Å². The summed E-state index contributed by atoms with van der Waals surface area (Å²) >= 11 is 6.05. The van der Waals surface area contributed by atoms with E-state index in [1.807, 2.05) is 42.2 Å². The molecule has 0 saturated carbocycles. The second-order valence-corrected chi connectivity index (χ2v) is 11.7. The fraction of sp³-hybridized carbons (Fsp3) is 0.321. The lowest BCUT2D eigenvalue weighted by Crippen LogP contribution is -2.49. The van der Waals surface area contributed by atoms with Gasteiger partial charge in [-0.2, -0.15) is 0 Å². The van der Waals surface area contributed by atoms with E-state index in [4.69, 9.17) is 21.1 Å². The Kier molecular flexibility index (Phi) is 8.36. The maximum absolute atomic E-state index is 14.3. The SMILES string of the molecule is COC(=O)c1ccc(C2C(OCCl)N(Cc3ccccc3)CC2(CO)S(=O)(=O)c2ccc(C)cc2)cc1. The molecule has 0 amide bonds. The van der Waals surface area contributed by atoms with Crippen molar-refractivity contribution in [3.05, 3.63) is 101 Å². The molecule has 37 heavy (non-hydrogen) atoms. The summed E-state index contributed by atoms with van der Waals surface area (Å²) in [5.41, 5.74) is 2.82. The molecule has 196 valence electrons. The summed E-state index contributed by atoms with van der Waals surface area (Å²) in [6.45, 7) is 1.65. The molecular weight excluding hydrogens is 514 g/mol. The van der Waals surface area contributed by atoms with Crippen molar-refractivity contribution in [3.63, 3.8) is 0 Å². The van der Waals surface area contributed by atoms with E-state index in [-0.39, 0.29) is 17.5 Å². The quantitative estimate of drug-likeness (QED) is 0.320. The number of aliphatic hydroxyl groups excluding tert-OH is 1. The van der Waals surface area contributed by atoms with Gasteiger partial charge in [-0.3, -0.25) is 4.90 Å². The molecule has 1 aliphatic rings. The molecule has 0 aliphatic carbocycles. The summed E-state index contributed by atoms with van der Waals surface area (Å²) in [5, 5.41) is 10.9. The lowest BCUT2D eigenvalue weighted by atomic mass is 9.87. The Morgan fingerprint density at radius 2 is 1.70 bits per heavy atom. The van der Waals surface area contributed by atoms with Gasteiger partial charge in [0.25, 0.3) is 0 Å². The summed E-state index contributed by atoms with van der Waals surface area (Å²) in [4.78, 5) is 14.0. The zero-order valence-electron chi connectivity index (χ0n) is 20.7. The molecule has 9 heteroatoms. The minimum absolute atomic E-state index is 0.0135. The highest BCUT2D eigenvalue weighted by molar-refractivity contribution is 7.93. The molecule has 0 spiro atoms. The van der Waals surface area contributed by atoms with Crippen LogP contribution in [-0.2, 0) is 25.9 Å². The van der Waals surface area contributed by atoms with Gasteiger partial charge in [-0.1, -0.05) is 71.8 Å². The van der Waals surface area contributed by atoms with Gasteiger partial charge < -0.3 is 14.6 Å². The van der Waals surface area contributed by atoms with Gasteiger partial charge in [0.05, 0.1) is 24.2 Å². The smallest absolute Gasteiger partial charge is 0.337 e. The summed E-state index contributed by atoms with van der Waals surface area (Å²) in [5.74, 6) is -1.31. The number of carbonyl (C=O) groups excluding carboxylic acids is 1. The van der Waals surface area contributed by atoms with E-state index in [2.05, 4.69) is 0 Å². The monoisotopic (exact) mass is 543 g/mol. The average molecular weight is 544 g/mol. The molecule has 1 heterocycles. The number of ether oxygens (including phenoxy) is 2. The van der Waals surface area contributed by atoms with Crippen molar-refractivity contribution >= 4 is 27.4 Å². The molecule has 3 atom stereocenters. The maximum atomic E-state index is 14.3. The number of esters is 1. The van der Waals surface area contributed by atoms with Crippen LogP contribution < -0.4 is 0 Å². The molecule has 0 radical (unpaired) electrons. The van der Waals surface area contributed by atoms with Crippen molar-refractivity contribution in [2.24, 2.45) is 0 Å². The van der Waals surface area contributed by atoms with Crippen LogP contribution in [0.1, 0.15) is 33.0 Å². The van der Waals surface area contributed by atoms with Gasteiger partial charge in [0, 0.05) is 19.0 Å². The molecule has 0 bridgehead atoms. The van der Waals surface area contributed by atoms with Crippen LogP contribution in [-0.4, -0.2) is 61.7 Å². The predicted octanol–water partition coefficient (Wildman–Crippen LogP) is 4.13. The molecule has 0 aromatic heterocycles. The number of nitrogens with zero attached hydrogens (tertiary/aromatic N) is 1. The van der Waals surface area contributed by atoms with Gasteiger partial charge in [-0.05, 0) is 42.3 Å². The van der Waals surface area contributed by atoms with Crippen molar-refractivity contribution in [1.82, 2.24) is 4.90 Å². The van der Waals surface area contributed by atoms with E-state index in [1.54, 1.807) is 48.5 Å². The number of rotatable bonds is 9. The number of aryl methyl sites for hydroxylation is 1. The highest BCUT2D eigenvalue weighted by Gasteiger charge is 2.61. The number of halogens is 1. The average Bonchev–Trinajstić information content (AvgIpc) is 3.23. The van der Waals surface area contributed by atoms with Crippen LogP contribution in [0.3, 0.4) is 0 Å². The zero-order valence-corrected chi connectivity index (χ0v) is 22.3. The van der Waals surface area contributed by atoms with Crippen LogP contribution >= 0.6 is 11.6 Å². The Morgan fingerprint density at radius 3 is 2.27 bits per heavy atom. The number of methoxy groups -OCH3 is 1. The molecule has 1 saturated heterocycles. The van der Waals surface area contributed by atoms with Crippen LogP contribution in [0.15, 0.2) is 83.8 Å². The Labute approximate surface area is 222 Å². The standard InChI is InChI=1S/C28H30ClNO6S/c1-20-8-14-24(15-9-20)37(33,34)28(18-31)17-30(16-21-6-4-3-5-7-21)26(36-19-29)25(28)22-10-12-23(13-11-22)27(32)35-2/h3-15,25-26,31H,16-19H2,1-2H3. The highest BCUT2D eigenvalue weighted by Crippen LogP contribution is 2.49. The first-order valence-electron chi connectivity index (χ1n) is 11.8. The van der Waals surface area contributed by atoms with Crippen LogP contribution in [0.4, 0.5) is 0 Å². The van der Waals surface area contributed by atoms with E-state index in [1.165, 1.54) is 7.11 Å². The predicted molar refractivity (Wildman–Crippen MR) is 141 cm³/mol. The number of carbonyl (C=O) groups is 1. The number of likely N-dealkylation sites (tertiary alicyclic amines) is 1. The topological polar surface area (TPSA) is 93.1 Å². The van der Waals surface area contributed by atoms with Gasteiger partial charge in [0.2, 0.25) is 0 Å². The molecule has 3 unspecified atom stereocenters. The van der Waals surface area contributed by atoms with Crippen molar-refractivity contribution < 1.29 is 27.8 Å². The Morgan fingerprint density at radius 1 is 1.05 bits per heavy atom. The molecule has 4 rings (SSSR count). The van der Waals surface area contributed by atoms with Crippen LogP contribution in [0.25, 0.3) is 0 Å². The highest BCUT2D eigenvalue weighted by atomic mass is 35.5. The molecule has 1 aliphatic heterocycles. The zero-order chi connectivity index (χ0) is 26.6. The number of aliphatic hydroxyl groups is 1. The summed E-state index contributed by atoms with van der Waals surface area (Å²) < 4.78 is 37.8. The molecule has 1 N–H and O–H groups in total. The van der Waals surface area contributed by atoms with Gasteiger partial charge in [-0.15, -0.1) is 0 Å². The second kappa shape index (κ2) is 11.3. The lowest BCUT2D eigenvalue weighted by molar-refractivity contribution is -0.0286. The molecular formula is C28H30ClNO6S. The summed E-state index contributed by atoms with van der Waals surface area (Å²) in [7, 11) is -2.78. The molecule has 3 aromatic carbocycles. The number of hydrogen-bond acceptors (Lipinski definition) is 7. The third-order valence-corrected chi connectivity index (χ3v) is 9.57. The minimum atomic E-state index is -4.08. The van der Waals surface area contributed by atoms with Gasteiger partial charge in [0.1, 0.15) is 17.0 Å². The minimum Gasteiger partial charge on any atom is -0.465 e. The maximum Gasteiger partial charge on any atom is 0.337 e. The Balaban J connectivity index is 1.88. The van der Waals surface area contributed by atoms with E-state index in [0.717, 1.165) is 11.1 Å². The van der Waals surface area contributed by atoms with E-state index in [0.29, 0.717) is 17.7 Å². The summed E-state index contributed by atoms with van der Waals surface area (Å²) in [6, 6.07) is 22.6. The van der Waals surface area contributed by atoms with Crippen LogP contribution in [0, 0.1) is 6.92 Å². The molecule has 3 aromatic rings. The first-order chi connectivity index (χ1) is 17.8. The van der Waals surface area contributed by atoms with Gasteiger partial charge in [-0.25, -0.2) is 13.2 Å². The number of alkyl halides is 1. The Bertz CT molecular complexity index is 1320. The number of benzene rings is 3. The second-order valence-electron chi connectivity index (χ2n) is 9.19. The Hall–Kier alpha value is -2.75. The first kappa shape index (κ1) is 27.3. The summed E-state index contributed by atoms with van der Waals surface area (Å²) in [6.07, 6.45) is -0.756. The number of hydrogen-bond donors (Lipinski definition) is 1. The fourth-order valence-electron chi connectivity index (χ4n) is 5.08. The largest absolute Gasteiger partial charge is 0.465 e. The molecule has 7 nitrogen and oxygen atoms in total. The van der Waals surface area contributed by atoms with Crippen molar-refractivity contribution in [2.45, 2.75) is 35.3 Å². The van der Waals surface area contributed by atoms with Crippen molar-refractivity contribution in [2.75, 3.05) is 26.3 Å². The third kappa shape index (κ3) is 5.17. The van der Waals surface area contributed by atoms with Gasteiger partial charge in [0.15, 0.2) is 9.84 Å². The van der Waals surface area contributed by atoms with Crippen molar-refractivity contribution in [3.8, 4) is 0 Å². The first-order valence-corrected chi connectivity index (χ1v) is 13.8. The molecule has 1 fully saturated rings. The van der Waals surface area contributed by atoms with Gasteiger partial charge >= 0.3 is 5.97 Å². The number of sulfone groups is 1. The fourth-order valence-corrected chi connectivity index (χ4v) is 7.27. The van der Waals surface area contributed by atoms with E-state index >= 15 is 0 Å².